The molecule has 0 N–H and O–H groups in total. The van der Waals surface area contributed by atoms with Crippen LogP contribution in [0.5, 0.6) is 0 Å². The van der Waals surface area contributed by atoms with Gasteiger partial charge in [-0.25, -0.2) is 0 Å². The second kappa shape index (κ2) is 5.14. The molecule has 0 aliphatic rings. The van der Waals surface area contributed by atoms with Gasteiger partial charge in [-0.3, -0.25) is 14.9 Å². The summed E-state index contributed by atoms with van der Waals surface area (Å²) in [6.07, 6.45) is 0.588. The van der Waals surface area contributed by atoms with E-state index in [1.807, 2.05) is 6.92 Å². The van der Waals surface area contributed by atoms with E-state index in [0.29, 0.717) is 12.1 Å². The quantitative estimate of drug-likeness (QED) is 0.617. The third-order valence-corrected chi connectivity index (χ3v) is 2.86. The molecule has 6 heteroatoms. The number of carbonyl (C=O) groups is 1. The van der Waals surface area contributed by atoms with Gasteiger partial charge < -0.3 is 4.90 Å². The van der Waals surface area contributed by atoms with Crippen molar-refractivity contribution in [2.75, 3.05) is 11.9 Å². The van der Waals surface area contributed by atoms with E-state index in [2.05, 4.69) is 0 Å². The van der Waals surface area contributed by atoms with E-state index in [1.165, 1.54) is 24.0 Å². The van der Waals surface area contributed by atoms with Gasteiger partial charge in [0.05, 0.1) is 4.92 Å². The number of rotatable bonds is 3. The molecule has 0 radical (unpaired) electrons. The summed E-state index contributed by atoms with van der Waals surface area (Å²) in [7, 11) is 1.61. The van der Waals surface area contributed by atoms with Gasteiger partial charge in [-0.1, -0.05) is 18.5 Å². The molecule has 92 valence electrons. The summed E-state index contributed by atoms with van der Waals surface area (Å²) in [5, 5.41) is 10.8. The summed E-state index contributed by atoms with van der Waals surface area (Å²) >= 11 is 5.82. The number of carbonyl (C=O) groups excluding carboxylic acids is 1. The van der Waals surface area contributed by atoms with Gasteiger partial charge >= 0.3 is 0 Å². The largest absolute Gasteiger partial charge is 0.315 e. The molecule has 17 heavy (non-hydrogen) atoms. The lowest BCUT2D eigenvalue weighted by molar-refractivity contribution is -0.384. The van der Waals surface area contributed by atoms with Crippen LogP contribution < -0.4 is 4.90 Å². The Kier molecular flexibility index (Phi) is 4.07. The fourth-order valence-corrected chi connectivity index (χ4v) is 1.73. The van der Waals surface area contributed by atoms with Gasteiger partial charge in [-0.2, -0.15) is 0 Å². The third kappa shape index (κ3) is 2.74. The highest BCUT2D eigenvalue weighted by molar-refractivity contribution is 6.33. The molecule has 0 atom stereocenters. The first kappa shape index (κ1) is 13.4. The van der Waals surface area contributed by atoms with E-state index in [4.69, 9.17) is 11.6 Å². The van der Waals surface area contributed by atoms with E-state index in [0.717, 1.165) is 5.56 Å². The minimum absolute atomic E-state index is 0.0373. The SMILES string of the molecule is CCc1cc([N+](=O)[O-])c(Cl)cc1N(C)C(C)=O. The molecule has 0 unspecified atom stereocenters. The summed E-state index contributed by atoms with van der Waals surface area (Å²) in [5.74, 6) is -0.149. The second-order valence-corrected chi connectivity index (χ2v) is 4.03. The van der Waals surface area contributed by atoms with Crippen molar-refractivity contribution in [1.29, 1.82) is 0 Å². The number of benzene rings is 1. The van der Waals surface area contributed by atoms with Crippen LogP contribution in [0.4, 0.5) is 11.4 Å². The van der Waals surface area contributed by atoms with Crippen molar-refractivity contribution in [2.24, 2.45) is 0 Å². The maximum Gasteiger partial charge on any atom is 0.288 e. The van der Waals surface area contributed by atoms with Crippen LogP contribution >= 0.6 is 11.6 Å². The van der Waals surface area contributed by atoms with Crippen molar-refractivity contribution in [2.45, 2.75) is 20.3 Å². The van der Waals surface area contributed by atoms with Crippen LogP contribution in [0.2, 0.25) is 5.02 Å². The van der Waals surface area contributed by atoms with Crippen LogP contribution in [-0.2, 0) is 11.2 Å². The molecule has 1 amide bonds. The average molecular weight is 257 g/mol. The van der Waals surface area contributed by atoms with Crippen LogP contribution in [0.1, 0.15) is 19.4 Å². The molecule has 1 rings (SSSR count). The highest BCUT2D eigenvalue weighted by Crippen LogP contribution is 2.32. The van der Waals surface area contributed by atoms with Crippen molar-refractivity contribution < 1.29 is 9.72 Å². The van der Waals surface area contributed by atoms with Gasteiger partial charge in [0.1, 0.15) is 5.02 Å². The molecule has 1 aromatic rings. The molecule has 0 aromatic heterocycles. The van der Waals surface area contributed by atoms with Gasteiger partial charge in [0.25, 0.3) is 5.69 Å². The zero-order valence-electron chi connectivity index (χ0n) is 9.86. The zero-order valence-corrected chi connectivity index (χ0v) is 10.6. The number of aryl methyl sites for hydroxylation is 1. The minimum Gasteiger partial charge on any atom is -0.315 e. The van der Waals surface area contributed by atoms with Gasteiger partial charge in [-0.15, -0.1) is 0 Å². The zero-order chi connectivity index (χ0) is 13.2. The molecule has 0 saturated heterocycles. The Morgan fingerprint density at radius 3 is 2.53 bits per heavy atom. The Labute approximate surface area is 104 Å². The molecule has 1 aromatic carbocycles. The Morgan fingerprint density at radius 2 is 2.12 bits per heavy atom. The summed E-state index contributed by atoms with van der Waals surface area (Å²) in [6, 6.07) is 2.87. The molecule has 5 nitrogen and oxygen atoms in total. The molecule has 0 spiro atoms. The fraction of sp³-hybridized carbons (Fsp3) is 0.364. The van der Waals surface area contributed by atoms with Crippen molar-refractivity contribution >= 4 is 28.9 Å². The highest BCUT2D eigenvalue weighted by Gasteiger charge is 2.19. The van der Waals surface area contributed by atoms with Crippen LogP contribution in [0.25, 0.3) is 0 Å². The van der Waals surface area contributed by atoms with Crippen LogP contribution in [-0.4, -0.2) is 17.9 Å². The fourth-order valence-electron chi connectivity index (χ4n) is 1.50. The van der Waals surface area contributed by atoms with Gasteiger partial charge in [0.15, 0.2) is 0 Å². The van der Waals surface area contributed by atoms with E-state index < -0.39 is 4.92 Å². The first-order chi connectivity index (χ1) is 7.88. The lowest BCUT2D eigenvalue weighted by Crippen LogP contribution is -2.24. The predicted octanol–water partition coefficient (Wildman–Crippen LogP) is 2.79. The summed E-state index contributed by atoms with van der Waals surface area (Å²) in [4.78, 5) is 22.9. The van der Waals surface area contributed by atoms with Gasteiger partial charge in [0.2, 0.25) is 5.91 Å². The monoisotopic (exact) mass is 256 g/mol. The molecule has 0 fully saturated rings. The Hall–Kier alpha value is -1.62. The number of nitro benzene ring substituents is 1. The van der Waals surface area contributed by atoms with E-state index in [1.54, 1.807) is 7.05 Å². The lowest BCUT2D eigenvalue weighted by atomic mass is 10.1. The molecule has 0 aliphatic carbocycles. The van der Waals surface area contributed by atoms with Gasteiger partial charge in [-0.05, 0) is 18.1 Å². The summed E-state index contributed by atoms with van der Waals surface area (Å²) < 4.78 is 0. The Bertz CT molecular complexity index is 474. The molecule has 0 bridgehead atoms. The number of hydrogen-bond donors (Lipinski definition) is 0. The molecule has 0 heterocycles. The summed E-state index contributed by atoms with van der Waals surface area (Å²) in [6.45, 7) is 3.29. The topological polar surface area (TPSA) is 63.5 Å². The van der Waals surface area contributed by atoms with Crippen molar-refractivity contribution in [3.63, 3.8) is 0 Å². The smallest absolute Gasteiger partial charge is 0.288 e. The van der Waals surface area contributed by atoms with Crippen molar-refractivity contribution in [3.8, 4) is 0 Å². The average Bonchev–Trinajstić information content (AvgIpc) is 2.27. The number of nitrogens with zero attached hydrogens (tertiary/aromatic N) is 2. The van der Waals surface area contributed by atoms with E-state index in [-0.39, 0.29) is 16.6 Å². The lowest BCUT2D eigenvalue weighted by Gasteiger charge is -2.18. The highest BCUT2D eigenvalue weighted by atomic mass is 35.5. The standard InChI is InChI=1S/C11H13ClN2O3/c1-4-8-5-11(14(16)17)9(12)6-10(8)13(3)7(2)15/h5-6H,4H2,1-3H3. The maximum atomic E-state index is 11.3. The Morgan fingerprint density at radius 1 is 1.53 bits per heavy atom. The number of anilines is 1. The first-order valence-corrected chi connectivity index (χ1v) is 5.47. The van der Waals surface area contributed by atoms with E-state index in [9.17, 15) is 14.9 Å². The van der Waals surface area contributed by atoms with Crippen LogP contribution in [0.15, 0.2) is 12.1 Å². The number of hydrogen-bond acceptors (Lipinski definition) is 3. The minimum atomic E-state index is -0.529. The van der Waals surface area contributed by atoms with E-state index >= 15 is 0 Å². The number of halogens is 1. The normalized spacial score (nSPS) is 10.1. The van der Waals surface area contributed by atoms with Crippen molar-refractivity contribution in [1.82, 2.24) is 0 Å². The molecular weight excluding hydrogens is 244 g/mol. The Balaban J connectivity index is 3.38. The van der Waals surface area contributed by atoms with Crippen LogP contribution in [0.3, 0.4) is 0 Å². The van der Waals surface area contributed by atoms with Crippen molar-refractivity contribution in [3.05, 3.63) is 32.8 Å². The molecule has 0 saturated carbocycles. The molecule has 0 aliphatic heterocycles. The first-order valence-electron chi connectivity index (χ1n) is 5.09. The predicted molar refractivity (Wildman–Crippen MR) is 66.6 cm³/mol. The van der Waals surface area contributed by atoms with Crippen LogP contribution in [0, 0.1) is 10.1 Å². The number of nitro groups is 1. The molecular formula is C11H13ClN2O3. The second-order valence-electron chi connectivity index (χ2n) is 3.62. The maximum absolute atomic E-state index is 11.3. The summed E-state index contributed by atoms with van der Waals surface area (Å²) in [5.41, 5.74) is 1.19. The van der Waals surface area contributed by atoms with Gasteiger partial charge in [0, 0.05) is 25.7 Å². The third-order valence-electron chi connectivity index (χ3n) is 2.56. The number of amides is 1.